The molecule has 0 aliphatic heterocycles. The third-order valence-corrected chi connectivity index (χ3v) is 4.96. The average Bonchev–Trinajstić information content (AvgIpc) is 2.63. The molecule has 0 aromatic carbocycles. The molecule has 1 N–H and O–H groups in total. The summed E-state index contributed by atoms with van der Waals surface area (Å²) in [7, 11) is 3.41. The first kappa shape index (κ1) is 14.8. The highest BCUT2D eigenvalue weighted by Crippen LogP contribution is 2.53. The maximum absolute atomic E-state index is 11.2. The van der Waals surface area contributed by atoms with E-state index in [1.807, 2.05) is 0 Å². The number of anilines is 1. The van der Waals surface area contributed by atoms with E-state index in [0.29, 0.717) is 11.5 Å². The molecule has 1 fully saturated rings. The Balaban J connectivity index is 2.27. The number of rotatable bonds is 4. The van der Waals surface area contributed by atoms with Gasteiger partial charge in [-0.3, -0.25) is 10.1 Å². The molecule has 1 saturated carbocycles. The Hall–Kier alpha value is -1.63. The molecule has 2 rings (SSSR count). The van der Waals surface area contributed by atoms with Crippen molar-refractivity contribution in [1.82, 2.24) is 9.78 Å². The largest absolute Gasteiger partial charge is 0.378 e. The second-order valence-corrected chi connectivity index (χ2v) is 6.22. The van der Waals surface area contributed by atoms with E-state index >= 15 is 0 Å². The molecule has 20 heavy (non-hydrogen) atoms. The third-order valence-electron chi connectivity index (χ3n) is 4.96. The number of nitro groups is 1. The van der Waals surface area contributed by atoms with Crippen LogP contribution in [0.25, 0.3) is 0 Å². The van der Waals surface area contributed by atoms with Crippen molar-refractivity contribution in [2.75, 3.05) is 12.4 Å². The Kier molecular flexibility index (Phi) is 3.28. The number of ether oxygens (including phenoxy) is 1. The van der Waals surface area contributed by atoms with Crippen LogP contribution in [-0.4, -0.2) is 33.5 Å². The second-order valence-electron chi connectivity index (χ2n) is 6.22. The average molecular weight is 282 g/mol. The summed E-state index contributed by atoms with van der Waals surface area (Å²) in [5, 5.41) is 18.6. The topological polar surface area (TPSA) is 82.2 Å². The number of aromatic nitrogens is 2. The van der Waals surface area contributed by atoms with E-state index in [1.54, 1.807) is 21.1 Å². The maximum atomic E-state index is 11.2. The van der Waals surface area contributed by atoms with Gasteiger partial charge in [0.05, 0.1) is 10.5 Å². The van der Waals surface area contributed by atoms with Crippen LogP contribution >= 0.6 is 0 Å². The van der Waals surface area contributed by atoms with Gasteiger partial charge in [0, 0.05) is 25.6 Å². The number of aryl methyl sites for hydroxylation is 2. The van der Waals surface area contributed by atoms with Gasteiger partial charge < -0.3 is 10.1 Å². The van der Waals surface area contributed by atoms with E-state index in [9.17, 15) is 10.1 Å². The van der Waals surface area contributed by atoms with Crippen molar-refractivity contribution < 1.29 is 9.66 Å². The fourth-order valence-electron chi connectivity index (χ4n) is 2.92. The molecule has 1 aromatic rings. The molecular formula is C13H22N4O3. The fourth-order valence-corrected chi connectivity index (χ4v) is 2.92. The van der Waals surface area contributed by atoms with Crippen LogP contribution in [0, 0.1) is 22.5 Å². The van der Waals surface area contributed by atoms with Crippen molar-refractivity contribution in [3.8, 4) is 0 Å². The van der Waals surface area contributed by atoms with Gasteiger partial charge in [0.1, 0.15) is 5.69 Å². The maximum Gasteiger partial charge on any atom is 0.333 e. The van der Waals surface area contributed by atoms with Crippen molar-refractivity contribution >= 4 is 11.5 Å². The summed E-state index contributed by atoms with van der Waals surface area (Å²) < 4.78 is 7.11. The Labute approximate surface area is 118 Å². The molecule has 1 aliphatic rings. The lowest BCUT2D eigenvalue weighted by atomic mass is 9.56. The first-order valence-electron chi connectivity index (χ1n) is 6.63. The molecule has 0 unspecified atom stereocenters. The van der Waals surface area contributed by atoms with E-state index in [-0.39, 0.29) is 27.7 Å². The molecule has 0 spiro atoms. The molecular weight excluding hydrogens is 260 g/mol. The predicted molar refractivity (Wildman–Crippen MR) is 75.8 cm³/mol. The quantitative estimate of drug-likeness (QED) is 0.676. The Morgan fingerprint density at radius 2 is 2.10 bits per heavy atom. The minimum absolute atomic E-state index is 0.0503. The molecule has 1 heterocycles. The Morgan fingerprint density at radius 1 is 1.50 bits per heavy atom. The Morgan fingerprint density at radius 3 is 2.55 bits per heavy atom. The summed E-state index contributed by atoms with van der Waals surface area (Å²) in [6.07, 6.45) is 0.803. The predicted octanol–water partition coefficient (Wildman–Crippen LogP) is 2.25. The summed E-state index contributed by atoms with van der Waals surface area (Å²) in [6.45, 7) is 7.92. The van der Waals surface area contributed by atoms with Crippen LogP contribution in [0.15, 0.2) is 0 Å². The SMILES string of the molecule is CO[C@]1(C)C[C@@H](Nc2c([N+](=O)[O-])c(C)nn2C)C1(C)C. The number of hydrogen-bond acceptors (Lipinski definition) is 5. The molecule has 2 atom stereocenters. The van der Waals surface area contributed by atoms with E-state index in [4.69, 9.17) is 4.74 Å². The lowest BCUT2D eigenvalue weighted by Gasteiger charge is -2.59. The van der Waals surface area contributed by atoms with Crippen LogP contribution < -0.4 is 5.32 Å². The molecule has 0 amide bonds. The first-order valence-corrected chi connectivity index (χ1v) is 6.63. The van der Waals surface area contributed by atoms with Crippen LogP contribution in [0.1, 0.15) is 32.9 Å². The van der Waals surface area contributed by atoms with Gasteiger partial charge in [0.25, 0.3) is 0 Å². The van der Waals surface area contributed by atoms with Crippen LogP contribution in [0.3, 0.4) is 0 Å². The lowest BCUT2D eigenvalue weighted by Crippen LogP contribution is -2.65. The minimum Gasteiger partial charge on any atom is -0.378 e. The van der Waals surface area contributed by atoms with Gasteiger partial charge in [-0.15, -0.1) is 0 Å². The molecule has 1 aliphatic carbocycles. The van der Waals surface area contributed by atoms with Crippen molar-refractivity contribution in [3.63, 3.8) is 0 Å². The minimum atomic E-state index is -0.383. The monoisotopic (exact) mass is 282 g/mol. The molecule has 1 aromatic heterocycles. The highest BCUT2D eigenvalue weighted by Gasteiger charge is 2.58. The van der Waals surface area contributed by atoms with Crippen molar-refractivity contribution in [2.24, 2.45) is 12.5 Å². The van der Waals surface area contributed by atoms with Gasteiger partial charge in [-0.2, -0.15) is 5.10 Å². The number of nitrogens with one attached hydrogen (secondary N) is 1. The zero-order chi connectivity index (χ0) is 15.3. The molecule has 0 saturated heterocycles. The van der Waals surface area contributed by atoms with Crippen molar-refractivity contribution in [3.05, 3.63) is 15.8 Å². The fraction of sp³-hybridized carbons (Fsp3) is 0.769. The lowest BCUT2D eigenvalue weighted by molar-refractivity contribution is -0.384. The molecule has 112 valence electrons. The van der Waals surface area contributed by atoms with E-state index in [1.165, 1.54) is 4.68 Å². The van der Waals surface area contributed by atoms with E-state index in [0.717, 1.165) is 6.42 Å². The summed E-state index contributed by atoms with van der Waals surface area (Å²) >= 11 is 0. The van der Waals surface area contributed by atoms with E-state index < -0.39 is 0 Å². The van der Waals surface area contributed by atoms with Gasteiger partial charge in [-0.1, -0.05) is 13.8 Å². The normalized spacial score (nSPS) is 28.0. The highest BCUT2D eigenvalue weighted by atomic mass is 16.6. The number of hydrogen-bond donors (Lipinski definition) is 1. The van der Waals surface area contributed by atoms with Crippen LogP contribution in [0.5, 0.6) is 0 Å². The standard InChI is InChI=1S/C13H22N4O3/c1-8-10(17(18)19)11(16(5)15-8)14-9-7-13(4,20-6)12(9,2)3/h9,14H,7H2,1-6H3/t9-,13-/m1/s1. The smallest absolute Gasteiger partial charge is 0.333 e. The summed E-state index contributed by atoms with van der Waals surface area (Å²) in [5.74, 6) is 0.462. The number of methoxy groups -OCH3 is 1. The summed E-state index contributed by atoms with van der Waals surface area (Å²) in [4.78, 5) is 10.8. The van der Waals surface area contributed by atoms with Gasteiger partial charge in [0.15, 0.2) is 0 Å². The first-order chi connectivity index (χ1) is 9.14. The zero-order valence-electron chi connectivity index (χ0n) is 12.9. The summed E-state index contributed by atoms with van der Waals surface area (Å²) in [6, 6.07) is 0.112. The van der Waals surface area contributed by atoms with Crippen LogP contribution in [0.4, 0.5) is 11.5 Å². The highest BCUT2D eigenvalue weighted by molar-refractivity contribution is 5.60. The molecule has 0 radical (unpaired) electrons. The third kappa shape index (κ3) is 1.88. The second kappa shape index (κ2) is 4.44. The van der Waals surface area contributed by atoms with Crippen molar-refractivity contribution in [2.45, 2.75) is 45.8 Å². The zero-order valence-corrected chi connectivity index (χ0v) is 12.9. The summed E-state index contributed by atoms with van der Waals surface area (Å²) in [5.41, 5.74) is 0.141. The number of nitrogens with zero attached hydrogens (tertiary/aromatic N) is 3. The Bertz CT molecular complexity index is 552. The van der Waals surface area contributed by atoms with E-state index in [2.05, 4.69) is 31.2 Å². The molecule has 7 nitrogen and oxygen atoms in total. The van der Waals surface area contributed by atoms with Crippen LogP contribution in [-0.2, 0) is 11.8 Å². The van der Waals surface area contributed by atoms with Crippen molar-refractivity contribution in [1.29, 1.82) is 0 Å². The van der Waals surface area contributed by atoms with Crippen LogP contribution in [0.2, 0.25) is 0 Å². The molecule has 7 heteroatoms. The van der Waals surface area contributed by atoms with Gasteiger partial charge in [-0.25, -0.2) is 4.68 Å². The van der Waals surface area contributed by atoms with Gasteiger partial charge in [-0.05, 0) is 20.3 Å². The van der Waals surface area contributed by atoms with Gasteiger partial charge >= 0.3 is 5.69 Å². The molecule has 0 bridgehead atoms. The van der Waals surface area contributed by atoms with Gasteiger partial charge in [0.2, 0.25) is 5.82 Å².